The zero-order valence-electron chi connectivity index (χ0n) is 8.54. The van der Waals surface area contributed by atoms with Crippen LogP contribution in [0.25, 0.3) is 0 Å². The van der Waals surface area contributed by atoms with Gasteiger partial charge in [0, 0.05) is 0 Å². The van der Waals surface area contributed by atoms with E-state index in [1.54, 1.807) is 0 Å². The number of carbonyl (C=O) groups is 1. The number of hydrogen-bond acceptors (Lipinski definition) is 3. The number of carbonyl (C=O) groups excluding carboxylic acids is 1. The first-order valence-corrected chi connectivity index (χ1v) is 4.80. The van der Waals surface area contributed by atoms with Gasteiger partial charge in [-0.05, 0) is 11.6 Å². The van der Waals surface area contributed by atoms with E-state index in [0.717, 1.165) is 12.1 Å². The van der Waals surface area contributed by atoms with Crippen LogP contribution in [-0.4, -0.2) is 18.3 Å². The molecule has 1 aromatic rings. The van der Waals surface area contributed by atoms with E-state index in [-0.39, 0.29) is 17.9 Å². The van der Waals surface area contributed by atoms with Crippen molar-refractivity contribution in [3.05, 3.63) is 35.4 Å². The zero-order chi connectivity index (χ0) is 12.6. The minimum atomic E-state index is -4.46. The van der Waals surface area contributed by atoms with Crippen LogP contribution in [0.2, 0.25) is 0 Å². The molecule has 0 amide bonds. The summed E-state index contributed by atoms with van der Waals surface area (Å²) in [4.78, 5) is 11.3. The van der Waals surface area contributed by atoms with Crippen molar-refractivity contribution < 1.29 is 22.7 Å². The Hall–Kier alpha value is -1.85. The Morgan fingerprint density at radius 1 is 1.35 bits per heavy atom. The molecule has 0 bridgehead atoms. The molecule has 1 heterocycles. The zero-order valence-corrected chi connectivity index (χ0v) is 8.54. The van der Waals surface area contributed by atoms with Crippen LogP contribution < -0.4 is 0 Å². The molecule has 0 aromatic heterocycles. The topological polar surface area (TPSA) is 50.1 Å². The lowest BCUT2D eigenvalue weighted by Crippen LogP contribution is -2.14. The normalized spacial score (nSPS) is 20.5. The predicted molar refractivity (Wildman–Crippen MR) is 52.9 cm³/mol. The summed E-state index contributed by atoms with van der Waals surface area (Å²) in [6.45, 7) is -0.153. The smallest absolute Gasteiger partial charge is 0.416 e. The molecule has 1 aliphatic rings. The number of hydrogen-bond donors (Lipinski definition) is 1. The van der Waals surface area contributed by atoms with Gasteiger partial charge in [0.1, 0.15) is 12.5 Å². The molecule has 1 aromatic carbocycles. The summed E-state index contributed by atoms with van der Waals surface area (Å²) in [5.41, 5.74) is -0.704. The molecule has 1 unspecified atom stereocenters. The van der Waals surface area contributed by atoms with E-state index in [0.29, 0.717) is 0 Å². The second-order valence-corrected chi connectivity index (χ2v) is 3.69. The molecule has 1 N–H and O–H groups in total. The summed E-state index contributed by atoms with van der Waals surface area (Å²) in [6, 6.07) is 4.41. The summed E-state index contributed by atoms with van der Waals surface area (Å²) in [5, 5.41) is 7.47. The fourth-order valence-corrected chi connectivity index (χ4v) is 1.69. The Balaban J connectivity index is 2.40. The number of halogens is 3. The van der Waals surface area contributed by atoms with Crippen LogP contribution in [0.5, 0.6) is 0 Å². The Bertz CT molecular complexity index is 466. The lowest BCUT2D eigenvalue weighted by molar-refractivity contribution is -0.140. The second-order valence-electron chi connectivity index (χ2n) is 3.69. The Labute approximate surface area is 94.7 Å². The number of benzene rings is 1. The number of rotatable bonds is 1. The van der Waals surface area contributed by atoms with Crippen molar-refractivity contribution in [1.82, 2.24) is 0 Å². The fraction of sp³-hybridized carbons (Fsp3) is 0.273. The first-order valence-electron chi connectivity index (χ1n) is 4.80. The van der Waals surface area contributed by atoms with Crippen LogP contribution in [0.1, 0.15) is 17.0 Å². The van der Waals surface area contributed by atoms with Crippen molar-refractivity contribution in [2.45, 2.75) is 12.1 Å². The number of alkyl halides is 3. The fourth-order valence-electron chi connectivity index (χ4n) is 1.69. The van der Waals surface area contributed by atoms with Crippen molar-refractivity contribution in [2.24, 2.45) is 0 Å². The predicted octanol–water partition coefficient (Wildman–Crippen LogP) is 2.37. The van der Waals surface area contributed by atoms with E-state index in [9.17, 15) is 18.0 Å². The molecule has 3 nitrogen and oxygen atoms in total. The third-order valence-electron chi connectivity index (χ3n) is 2.50. The molecule has 2 rings (SSSR count). The first-order chi connectivity index (χ1) is 7.89. The molecule has 0 spiro atoms. The van der Waals surface area contributed by atoms with Gasteiger partial charge in [0.05, 0.1) is 11.3 Å². The molecule has 1 atom stereocenters. The summed E-state index contributed by atoms with van der Waals surface area (Å²) in [5.74, 6) is -1.67. The number of cyclic esters (lactones) is 1. The highest BCUT2D eigenvalue weighted by molar-refractivity contribution is 6.10. The third kappa shape index (κ3) is 2.15. The number of nitrogens with one attached hydrogen (secondary N) is 1. The van der Waals surface area contributed by atoms with Crippen LogP contribution in [0.3, 0.4) is 0 Å². The lowest BCUT2D eigenvalue weighted by atomic mass is 9.95. The van der Waals surface area contributed by atoms with Gasteiger partial charge in [-0.25, -0.2) is 0 Å². The monoisotopic (exact) mass is 243 g/mol. The van der Waals surface area contributed by atoms with Crippen LogP contribution in [-0.2, 0) is 15.7 Å². The molecule has 0 saturated carbocycles. The maximum atomic E-state index is 12.5. The molecule has 0 aliphatic carbocycles. The lowest BCUT2D eigenvalue weighted by Gasteiger charge is -2.10. The number of esters is 1. The van der Waals surface area contributed by atoms with Gasteiger partial charge < -0.3 is 10.1 Å². The van der Waals surface area contributed by atoms with Gasteiger partial charge in [0.2, 0.25) is 0 Å². The van der Waals surface area contributed by atoms with Crippen molar-refractivity contribution >= 4 is 11.7 Å². The minimum Gasteiger partial charge on any atom is -0.459 e. The van der Waals surface area contributed by atoms with E-state index in [1.807, 2.05) is 0 Å². The van der Waals surface area contributed by atoms with E-state index in [1.165, 1.54) is 12.1 Å². The van der Waals surface area contributed by atoms with Crippen LogP contribution in [0.15, 0.2) is 24.3 Å². The van der Waals surface area contributed by atoms with E-state index in [4.69, 9.17) is 5.41 Å². The van der Waals surface area contributed by atoms with Crippen molar-refractivity contribution in [2.75, 3.05) is 6.61 Å². The summed E-state index contributed by atoms with van der Waals surface area (Å²) in [7, 11) is 0. The largest absolute Gasteiger partial charge is 0.459 e. The molecule has 0 radical (unpaired) electrons. The van der Waals surface area contributed by atoms with Crippen LogP contribution in [0, 0.1) is 5.41 Å². The van der Waals surface area contributed by atoms with E-state index in [2.05, 4.69) is 4.74 Å². The van der Waals surface area contributed by atoms with Gasteiger partial charge in [0.25, 0.3) is 0 Å². The minimum absolute atomic E-state index is 0.0191. The van der Waals surface area contributed by atoms with Gasteiger partial charge in [0.15, 0.2) is 0 Å². The van der Waals surface area contributed by atoms with Gasteiger partial charge in [-0.15, -0.1) is 0 Å². The molecular weight excluding hydrogens is 235 g/mol. The van der Waals surface area contributed by atoms with E-state index >= 15 is 0 Å². The van der Waals surface area contributed by atoms with Crippen LogP contribution in [0.4, 0.5) is 13.2 Å². The second kappa shape index (κ2) is 3.87. The van der Waals surface area contributed by atoms with Gasteiger partial charge in [-0.1, -0.05) is 18.2 Å². The highest BCUT2D eigenvalue weighted by atomic mass is 19.4. The van der Waals surface area contributed by atoms with Gasteiger partial charge >= 0.3 is 12.1 Å². The molecule has 1 saturated heterocycles. The SMILES string of the molecule is N=C1COC(=O)C1c1cccc(C(F)(F)F)c1. The molecule has 6 heteroatoms. The first kappa shape index (κ1) is 11.6. The third-order valence-corrected chi connectivity index (χ3v) is 2.50. The van der Waals surface area contributed by atoms with Crippen molar-refractivity contribution in [1.29, 1.82) is 5.41 Å². The Kier molecular flexibility index (Phi) is 2.65. The molecular formula is C11H8F3NO2. The van der Waals surface area contributed by atoms with E-state index < -0.39 is 23.6 Å². The van der Waals surface area contributed by atoms with Crippen LogP contribution >= 0.6 is 0 Å². The van der Waals surface area contributed by atoms with Crippen molar-refractivity contribution in [3.8, 4) is 0 Å². The maximum Gasteiger partial charge on any atom is 0.416 e. The summed E-state index contributed by atoms with van der Waals surface area (Å²) < 4.78 is 42.1. The highest BCUT2D eigenvalue weighted by Crippen LogP contribution is 2.32. The molecule has 1 fully saturated rings. The summed E-state index contributed by atoms with van der Waals surface area (Å²) in [6.07, 6.45) is -4.46. The summed E-state index contributed by atoms with van der Waals surface area (Å²) >= 11 is 0. The number of ether oxygens (including phenoxy) is 1. The maximum absolute atomic E-state index is 12.5. The standard InChI is InChI=1S/C11H8F3NO2/c12-11(13,14)7-3-1-2-6(4-7)9-8(15)5-17-10(9)16/h1-4,9,15H,5H2. The van der Waals surface area contributed by atoms with Gasteiger partial charge in [-0.2, -0.15) is 13.2 Å². The Morgan fingerprint density at radius 3 is 2.59 bits per heavy atom. The molecule has 1 aliphatic heterocycles. The average molecular weight is 243 g/mol. The molecule has 90 valence electrons. The van der Waals surface area contributed by atoms with Gasteiger partial charge in [-0.3, -0.25) is 4.79 Å². The average Bonchev–Trinajstić information content (AvgIpc) is 2.57. The quantitative estimate of drug-likeness (QED) is 0.770. The van der Waals surface area contributed by atoms with Crippen molar-refractivity contribution in [3.63, 3.8) is 0 Å². The molecule has 17 heavy (non-hydrogen) atoms. The Morgan fingerprint density at radius 2 is 2.06 bits per heavy atom. The highest BCUT2D eigenvalue weighted by Gasteiger charge is 2.36.